The van der Waals surface area contributed by atoms with Gasteiger partial charge in [-0.05, 0) is 6.92 Å². The van der Waals surface area contributed by atoms with Gasteiger partial charge in [-0.15, -0.1) is 0 Å². The number of oxazole rings is 1. The number of rotatable bonds is 3. The third-order valence-electron chi connectivity index (χ3n) is 1.39. The van der Waals surface area contributed by atoms with Crippen LogP contribution in [0.15, 0.2) is 21.9 Å². The molecular formula is C8H9BrN2O2. The van der Waals surface area contributed by atoms with Crippen LogP contribution in [0.25, 0.3) is 0 Å². The minimum absolute atomic E-state index is 0.244. The summed E-state index contributed by atoms with van der Waals surface area (Å²) in [6, 6.07) is 0. The summed E-state index contributed by atoms with van der Waals surface area (Å²) in [7, 11) is 0. The Morgan fingerprint density at radius 1 is 1.85 bits per heavy atom. The highest BCUT2D eigenvalue weighted by atomic mass is 79.9. The van der Waals surface area contributed by atoms with E-state index in [-0.39, 0.29) is 11.7 Å². The van der Waals surface area contributed by atoms with Crippen LogP contribution in [-0.4, -0.2) is 17.4 Å². The van der Waals surface area contributed by atoms with E-state index >= 15 is 0 Å². The van der Waals surface area contributed by atoms with Gasteiger partial charge in [-0.25, -0.2) is 4.98 Å². The number of aryl methyl sites for hydroxylation is 1. The highest BCUT2D eigenvalue weighted by Crippen LogP contribution is 2.05. The molecular weight excluding hydrogens is 236 g/mol. The van der Waals surface area contributed by atoms with E-state index in [1.165, 1.54) is 6.39 Å². The molecule has 0 aromatic carbocycles. The van der Waals surface area contributed by atoms with Crippen molar-refractivity contribution >= 4 is 21.8 Å². The smallest absolute Gasteiger partial charge is 0.289 e. The van der Waals surface area contributed by atoms with Crippen LogP contribution in [0.3, 0.4) is 0 Å². The number of aromatic nitrogens is 1. The Bertz CT molecular complexity index is 333. The number of nitrogens with zero attached hydrogens (tertiary/aromatic N) is 1. The molecule has 0 fully saturated rings. The number of carbonyl (C=O) groups excluding carboxylic acids is 1. The predicted octanol–water partition coefficient (Wildman–Crippen LogP) is 1.62. The van der Waals surface area contributed by atoms with Gasteiger partial charge >= 0.3 is 0 Å². The Labute approximate surface area is 84.2 Å². The van der Waals surface area contributed by atoms with E-state index < -0.39 is 0 Å². The van der Waals surface area contributed by atoms with Gasteiger partial charge in [0.1, 0.15) is 0 Å². The number of nitrogens with one attached hydrogen (secondary N) is 1. The van der Waals surface area contributed by atoms with E-state index in [0.29, 0.717) is 16.7 Å². The zero-order valence-electron chi connectivity index (χ0n) is 7.13. The first kappa shape index (κ1) is 9.98. The molecule has 1 heterocycles. The number of hydrogen-bond acceptors (Lipinski definition) is 3. The lowest BCUT2D eigenvalue weighted by atomic mass is 10.3. The van der Waals surface area contributed by atoms with E-state index in [1.807, 2.05) is 0 Å². The molecule has 0 saturated heterocycles. The fourth-order valence-corrected chi connectivity index (χ4v) is 0.916. The van der Waals surface area contributed by atoms with Crippen LogP contribution in [-0.2, 0) is 0 Å². The maximum absolute atomic E-state index is 11.3. The minimum atomic E-state index is -0.282. The molecule has 4 nitrogen and oxygen atoms in total. The Balaban J connectivity index is 2.59. The topological polar surface area (TPSA) is 55.1 Å². The van der Waals surface area contributed by atoms with E-state index in [9.17, 15) is 4.79 Å². The minimum Gasteiger partial charge on any atom is -0.438 e. The van der Waals surface area contributed by atoms with Crippen LogP contribution < -0.4 is 5.32 Å². The summed E-state index contributed by atoms with van der Waals surface area (Å²) in [5.41, 5.74) is 0.581. The molecule has 0 unspecified atom stereocenters. The molecule has 0 aliphatic carbocycles. The molecule has 0 atom stereocenters. The quantitative estimate of drug-likeness (QED) is 0.880. The van der Waals surface area contributed by atoms with Gasteiger partial charge in [-0.1, -0.05) is 22.5 Å². The largest absolute Gasteiger partial charge is 0.438 e. The summed E-state index contributed by atoms with van der Waals surface area (Å²) < 4.78 is 5.60. The van der Waals surface area contributed by atoms with E-state index in [0.717, 1.165) is 0 Å². The average molecular weight is 245 g/mol. The Morgan fingerprint density at radius 2 is 2.54 bits per heavy atom. The van der Waals surface area contributed by atoms with Crippen LogP contribution in [0.1, 0.15) is 16.2 Å². The van der Waals surface area contributed by atoms with Gasteiger partial charge in [0.05, 0.1) is 5.69 Å². The monoisotopic (exact) mass is 244 g/mol. The fourth-order valence-electron chi connectivity index (χ4n) is 0.776. The molecule has 0 bridgehead atoms. The van der Waals surface area contributed by atoms with Crippen molar-refractivity contribution in [2.75, 3.05) is 6.54 Å². The first-order valence-electron chi connectivity index (χ1n) is 3.63. The normalized spacial score (nSPS) is 9.69. The van der Waals surface area contributed by atoms with E-state index in [4.69, 9.17) is 4.42 Å². The zero-order chi connectivity index (χ0) is 9.84. The summed E-state index contributed by atoms with van der Waals surface area (Å²) in [4.78, 5) is 15.1. The summed E-state index contributed by atoms with van der Waals surface area (Å²) in [6.07, 6.45) is 1.24. The molecule has 1 aromatic heterocycles. The number of hydrogen-bond donors (Lipinski definition) is 1. The summed E-state index contributed by atoms with van der Waals surface area (Å²) in [6.45, 7) is 5.67. The highest BCUT2D eigenvalue weighted by Gasteiger charge is 2.12. The van der Waals surface area contributed by atoms with Crippen LogP contribution in [0, 0.1) is 6.92 Å². The van der Waals surface area contributed by atoms with Crippen molar-refractivity contribution in [3.63, 3.8) is 0 Å². The lowest BCUT2D eigenvalue weighted by molar-refractivity contribution is 0.0929. The summed E-state index contributed by atoms with van der Waals surface area (Å²) in [5, 5.41) is 2.61. The molecule has 0 aliphatic rings. The SMILES string of the molecule is C=C(Br)CNC(=O)c1ocnc1C. The van der Waals surface area contributed by atoms with Gasteiger partial charge in [-0.2, -0.15) is 0 Å². The molecule has 1 N–H and O–H groups in total. The maximum Gasteiger partial charge on any atom is 0.289 e. The molecule has 0 radical (unpaired) electrons. The number of halogens is 1. The standard InChI is InChI=1S/C8H9BrN2O2/c1-5(9)3-10-8(12)7-6(2)11-4-13-7/h4H,1,3H2,2H3,(H,10,12). The van der Waals surface area contributed by atoms with Crippen molar-refractivity contribution < 1.29 is 9.21 Å². The summed E-state index contributed by atoms with van der Waals surface area (Å²) >= 11 is 3.13. The zero-order valence-corrected chi connectivity index (χ0v) is 8.72. The lowest BCUT2D eigenvalue weighted by Crippen LogP contribution is -2.24. The van der Waals surface area contributed by atoms with Gasteiger partial charge < -0.3 is 9.73 Å². The van der Waals surface area contributed by atoms with Gasteiger partial charge in [0.15, 0.2) is 6.39 Å². The number of carbonyl (C=O) groups is 1. The van der Waals surface area contributed by atoms with Crippen molar-refractivity contribution in [1.29, 1.82) is 0 Å². The number of amides is 1. The summed E-state index contributed by atoms with van der Waals surface area (Å²) in [5.74, 6) is -0.0376. The van der Waals surface area contributed by atoms with Crippen molar-refractivity contribution in [2.24, 2.45) is 0 Å². The third-order valence-corrected chi connectivity index (χ3v) is 1.67. The Hall–Kier alpha value is -1.10. The van der Waals surface area contributed by atoms with Crippen molar-refractivity contribution in [3.05, 3.63) is 28.9 Å². The van der Waals surface area contributed by atoms with Crippen molar-refractivity contribution in [3.8, 4) is 0 Å². The van der Waals surface area contributed by atoms with Crippen LogP contribution in [0.4, 0.5) is 0 Å². The highest BCUT2D eigenvalue weighted by molar-refractivity contribution is 9.11. The first-order chi connectivity index (χ1) is 6.11. The molecule has 0 saturated carbocycles. The van der Waals surface area contributed by atoms with Gasteiger partial charge in [0, 0.05) is 11.0 Å². The Morgan fingerprint density at radius 3 is 3.00 bits per heavy atom. The molecule has 1 aromatic rings. The van der Waals surface area contributed by atoms with E-state index in [2.05, 4.69) is 32.8 Å². The lowest BCUT2D eigenvalue weighted by Gasteiger charge is -2.00. The molecule has 70 valence electrons. The van der Waals surface area contributed by atoms with Crippen LogP contribution in [0.5, 0.6) is 0 Å². The fraction of sp³-hybridized carbons (Fsp3) is 0.250. The van der Waals surface area contributed by atoms with Gasteiger partial charge in [-0.3, -0.25) is 4.79 Å². The van der Waals surface area contributed by atoms with Crippen LogP contribution in [0.2, 0.25) is 0 Å². The van der Waals surface area contributed by atoms with Gasteiger partial charge in [0.25, 0.3) is 5.91 Å². The maximum atomic E-state index is 11.3. The van der Waals surface area contributed by atoms with Crippen LogP contribution >= 0.6 is 15.9 Å². The predicted molar refractivity (Wildman–Crippen MR) is 51.6 cm³/mol. The second-order valence-corrected chi connectivity index (χ2v) is 3.59. The first-order valence-corrected chi connectivity index (χ1v) is 4.42. The molecule has 13 heavy (non-hydrogen) atoms. The second-order valence-electron chi connectivity index (χ2n) is 2.47. The average Bonchev–Trinajstić information content (AvgIpc) is 2.47. The Kier molecular flexibility index (Phi) is 3.25. The second kappa shape index (κ2) is 4.23. The van der Waals surface area contributed by atoms with Crippen molar-refractivity contribution in [2.45, 2.75) is 6.92 Å². The van der Waals surface area contributed by atoms with E-state index in [1.54, 1.807) is 6.92 Å². The molecule has 5 heteroatoms. The van der Waals surface area contributed by atoms with Crippen molar-refractivity contribution in [1.82, 2.24) is 10.3 Å². The molecule has 0 spiro atoms. The molecule has 0 aliphatic heterocycles. The molecule has 1 rings (SSSR count). The molecule has 1 amide bonds. The van der Waals surface area contributed by atoms with Gasteiger partial charge in [0.2, 0.25) is 5.76 Å². The third kappa shape index (κ3) is 2.69.